The Hall–Kier alpha value is -0.160. The summed E-state index contributed by atoms with van der Waals surface area (Å²) in [7, 11) is 0. The smallest absolute Gasteiger partial charge is 0.0845 e. The fourth-order valence-electron chi connectivity index (χ4n) is 6.11. The van der Waals surface area contributed by atoms with Gasteiger partial charge in [0.25, 0.3) is 0 Å². The molecule has 0 aromatic carbocycles. The number of hydrogen-bond acceptors (Lipinski definition) is 4. The monoisotopic (exact) mass is 408 g/mol. The predicted molar refractivity (Wildman–Crippen MR) is 121 cm³/mol. The molecule has 4 aliphatic rings. The van der Waals surface area contributed by atoms with Gasteiger partial charge < -0.3 is 9.47 Å². The van der Waals surface area contributed by atoms with Crippen LogP contribution in [0.25, 0.3) is 0 Å². The lowest BCUT2D eigenvalue weighted by molar-refractivity contribution is -0.138. The quantitative estimate of drug-likeness (QED) is 0.656. The van der Waals surface area contributed by atoms with Crippen molar-refractivity contribution in [2.24, 2.45) is 11.8 Å². The first-order chi connectivity index (χ1) is 13.6. The Morgan fingerprint density at radius 2 is 1.07 bits per heavy atom. The van der Waals surface area contributed by atoms with Gasteiger partial charge in [0.1, 0.15) is 0 Å². The van der Waals surface area contributed by atoms with Crippen molar-refractivity contribution in [2.75, 3.05) is 26.3 Å². The highest BCUT2D eigenvalue weighted by atomic mass is 16.5. The van der Waals surface area contributed by atoms with Crippen LogP contribution in [0.1, 0.15) is 87.5 Å². The molecule has 2 spiro atoms. The fraction of sp³-hybridized carbons (Fsp3) is 1.00. The summed E-state index contributed by atoms with van der Waals surface area (Å²) in [6, 6.07) is 2.77. The van der Waals surface area contributed by atoms with Gasteiger partial charge in [0.05, 0.1) is 17.8 Å². The number of hydrogen-bond donors (Lipinski definition) is 0. The van der Waals surface area contributed by atoms with Crippen molar-refractivity contribution in [1.29, 1.82) is 0 Å². The van der Waals surface area contributed by atoms with E-state index in [-0.39, 0.29) is 11.2 Å². The van der Waals surface area contributed by atoms with Crippen LogP contribution in [0, 0.1) is 11.8 Å². The average Bonchev–Trinajstić information content (AvgIpc) is 3.32. The van der Waals surface area contributed by atoms with Crippen molar-refractivity contribution >= 4 is 0 Å². The van der Waals surface area contributed by atoms with E-state index in [1.165, 1.54) is 32.1 Å². The van der Waals surface area contributed by atoms with Crippen LogP contribution >= 0.6 is 0 Å². The molecule has 4 nitrogen and oxygen atoms in total. The molecule has 0 aromatic rings. The lowest BCUT2D eigenvalue weighted by Crippen LogP contribution is -2.46. The molecule has 4 rings (SSSR count). The lowest BCUT2D eigenvalue weighted by atomic mass is 9.89. The normalized spacial score (nSPS) is 38.1. The summed E-state index contributed by atoms with van der Waals surface area (Å²) in [5, 5.41) is 0. The summed E-state index contributed by atoms with van der Waals surface area (Å²) in [6.45, 7) is 22.8. The SMILES string of the molecule is CC(C)[C@@H]1CC2(CCCO2)CN1C(C)C.CC(C)[C@@H]1CC2(CCO2)CN1C(C)C. The molecule has 0 amide bonds. The zero-order chi connectivity index (χ0) is 21.4. The molecule has 4 fully saturated rings. The molecule has 29 heavy (non-hydrogen) atoms. The molecule has 4 saturated heterocycles. The van der Waals surface area contributed by atoms with E-state index >= 15 is 0 Å². The number of ether oxygens (including phenoxy) is 2. The Balaban J connectivity index is 0.000000166. The largest absolute Gasteiger partial charge is 0.374 e. The number of likely N-dealkylation sites (tertiary alicyclic amines) is 2. The van der Waals surface area contributed by atoms with Crippen LogP contribution in [-0.2, 0) is 9.47 Å². The van der Waals surface area contributed by atoms with Gasteiger partial charge >= 0.3 is 0 Å². The third-order valence-corrected chi connectivity index (χ3v) is 7.97. The second kappa shape index (κ2) is 9.14. The maximum atomic E-state index is 6.02. The molecule has 0 radical (unpaired) electrons. The van der Waals surface area contributed by atoms with Crippen LogP contribution in [0.4, 0.5) is 0 Å². The predicted octanol–water partition coefficient (Wildman–Crippen LogP) is 4.96. The number of rotatable bonds is 4. The van der Waals surface area contributed by atoms with Crippen molar-refractivity contribution in [3.63, 3.8) is 0 Å². The Morgan fingerprint density at radius 3 is 1.31 bits per heavy atom. The Bertz CT molecular complexity index is 485. The molecule has 2 unspecified atom stereocenters. The van der Waals surface area contributed by atoms with Gasteiger partial charge in [-0.25, -0.2) is 0 Å². The van der Waals surface area contributed by atoms with Gasteiger partial charge in [-0.3, -0.25) is 9.80 Å². The zero-order valence-corrected chi connectivity index (χ0v) is 20.5. The maximum absolute atomic E-state index is 6.02. The summed E-state index contributed by atoms with van der Waals surface area (Å²) in [6.07, 6.45) is 6.32. The highest BCUT2D eigenvalue weighted by Crippen LogP contribution is 2.42. The summed E-state index contributed by atoms with van der Waals surface area (Å²) in [5.41, 5.74) is 0.471. The van der Waals surface area contributed by atoms with Crippen LogP contribution in [-0.4, -0.2) is 71.5 Å². The molecule has 0 bridgehead atoms. The molecule has 0 N–H and O–H groups in total. The van der Waals surface area contributed by atoms with E-state index < -0.39 is 0 Å². The van der Waals surface area contributed by atoms with Crippen molar-refractivity contribution < 1.29 is 9.47 Å². The van der Waals surface area contributed by atoms with Gasteiger partial charge in [0.2, 0.25) is 0 Å². The van der Waals surface area contributed by atoms with Crippen molar-refractivity contribution in [3.05, 3.63) is 0 Å². The molecule has 0 aliphatic carbocycles. The second-order valence-electron chi connectivity index (χ2n) is 11.5. The first kappa shape index (κ1) is 23.5. The van der Waals surface area contributed by atoms with E-state index in [0.717, 1.165) is 50.2 Å². The number of nitrogens with zero attached hydrogens (tertiary/aromatic N) is 2. The third-order valence-electron chi connectivity index (χ3n) is 7.97. The second-order valence-corrected chi connectivity index (χ2v) is 11.5. The van der Waals surface area contributed by atoms with E-state index in [1.807, 2.05) is 0 Å². The minimum Gasteiger partial charge on any atom is -0.374 e. The molecule has 170 valence electrons. The first-order valence-electron chi connectivity index (χ1n) is 12.4. The van der Waals surface area contributed by atoms with Crippen LogP contribution in [0.5, 0.6) is 0 Å². The maximum Gasteiger partial charge on any atom is 0.0845 e. The summed E-state index contributed by atoms with van der Waals surface area (Å²) in [5.74, 6) is 1.50. The minimum absolute atomic E-state index is 0.221. The van der Waals surface area contributed by atoms with E-state index in [0.29, 0.717) is 12.1 Å². The standard InChI is InChI=1S/C13H25NO.C12H23NO/c1-10(2)12-8-13(6-5-7-15-13)9-14(12)11(3)4;1-9(2)11-7-12(5-6-14-12)8-13(11)10(3)4/h10-12H,5-9H2,1-4H3;9-11H,5-8H2,1-4H3/t12-,13?;11-,12?/m00/s1. The summed E-state index contributed by atoms with van der Waals surface area (Å²) < 4.78 is 11.8. The van der Waals surface area contributed by atoms with E-state index in [4.69, 9.17) is 9.47 Å². The molecule has 4 aliphatic heterocycles. The van der Waals surface area contributed by atoms with Crippen molar-refractivity contribution in [2.45, 2.75) is 123 Å². The highest BCUT2D eigenvalue weighted by Gasteiger charge is 2.50. The van der Waals surface area contributed by atoms with Gasteiger partial charge in [-0.1, -0.05) is 27.7 Å². The van der Waals surface area contributed by atoms with Crippen LogP contribution in [0.2, 0.25) is 0 Å². The minimum atomic E-state index is 0.221. The van der Waals surface area contributed by atoms with Gasteiger partial charge in [-0.15, -0.1) is 0 Å². The van der Waals surface area contributed by atoms with E-state index in [1.54, 1.807) is 0 Å². The third kappa shape index (κ3) is 5.02. The van der Waals surface area contributed by atoms with Gasteiger partial charge in [-0.2, -0.15) is 0 Å². The van der Waals surface area contributed by atoms with E-state index in [9.17, 15) is 0 Å². The average molecular weight is 409 g/mol. The molecule has 4 heteroatoms. The topological polar surface area (TPSA) is 24.9 Å². The summed E-state index contributed by atoms with van der Waals surface area (Å²) in [4.78, 5) is 5.28. The van der Waals surface area contributed by atoms with Crippen LogP contribution in [0.3, 0.4) is 0 Å². The van der Waals surface area contributed by atoms with E-state index in [2.05, 4.69) is 65.2 Å². The zero-order valence-electron chi connectivity index (χ0n) is 20.5. The fourth-order valence-corrected chi connectivity index (χ4v) is 6.11. The Labute approximate surface area is 180 Å². The van der Waals surface area contributed by atoms with Crippen molar-refractivity contribution in [1.82, 2.24) is 9.80 Å². The summed E-state index contributed by atoms with van der Waals surface area (Å²) >= 11 is 0. The van der Waals surface area contributed by atoms with Gasteiger partial charge in [0, 0.05) is 50.3 Å². The lowest BCUT2D eigenvalue weighted by Gasteiger charge is -2.38. The van der Waals surface area contributed by atoms with Crippen LogP contribution in [0.15, 0.2) is 0 Å². The van der Waals surface area contributed by atoms with Crippen LogP contribution < -0.4 is 0 Å². The molecule has 0 saturated carbocycles. The molecular weight excluding hydrogens is 360 g/mol. The highest BCUT2D eigenvalue weighted by molar-refractivity contribution is 5.03. The molecule has 4 heterocycles. The first-order valence-corrected chi connectivity index (χ1v) is 12.4. The van der Waals surface area contributed by atoms with Gasteiger partial charge in [0.15, 0.2) is 0 Å². The molecule has 4 atom stereocenters. The van der Waals surface area contributed by atoms with Crippen molar-refractivity contribution in [3.8, 4) is 0 Å². The Morgan fingerprint density at radius 1 is 0.655 bits per heavy atom. The van der Waals surface area contributed by atoms with Gasteiger partial charge in [-0.05, 0) is 65.2 Å². The molecule has 0 aromatic heterocycles. The Kier molecular flexibility index (Phi) is 7.41. The molecular formula is C25H48N2O2.